The van der Waals surface area contributed by atoms with E-state index in [4.69, 9.17) is 4.74 Å². The molecule has 2 amide bonds. The number of pyridine rings is 1. The van der Waals surface area contributed by atoms with Crippen LogP contribution in [0.5, 0.6) is 5.75 Å². The molecule has 0 spiro atoms. The number of hydrogen-bond acceptors (Lipinski definition) is 4. The fourth-order valence-corrected chi connectivity index (χ4v) is 4.55. The van der Waals surface area contributed by atoms with Gasteiger partial charge in [-0.05, 0) is 61.6 Å². The Morgan fingerprint density at radius 1 is 1.06 bits per heavy atom. The fourth-order valence-electron chi connectivity index (χ4n) is 4.55. The highest BCUT2D eigenvalue weighted by atomic mass is 16.5. The minimum Gasteiger partial charge on any atom is -0.491 e. The fraction of sp³-hybridized carbons (Fsp3) is 0.367. The molecule has 0 bridgehead atoms. The summed E-state index contributed by atoms with van der Waals surface area (Å²) in [5.74, 6) is 0.0945. The molecule has 0 aliphatic carbocycles. The molecule has 0 saturated heterocycles. The highest BCUT2D eigenvalue weighted by Crippen LogP contribution is 2.27. The molecule has 188 valence electrons. The van der Waals surface area contributed by atoms with E-state index in [2.05, 4.69) is 29.4 Å². The summed E-state index contributed by atoms with van der Waals surface area (Å²) in [6.45, 7) is 6.41. The van der Waals surface area contributed by atoms with Gasteiger partial charge < -0.3 is 15.0 Å². The lowest BCUT2D eigenvalue weighted by molar-refractivity contribution is -0.121. The van der Waals surface area contributed by atoms with Gasteiger partial charge in [0.2, 0.25) is 5.91 Å². The third-order valence-corrected chi connectivity index (χ3v) is 6.42. The third-order valence-electron chi connectivity index (χ3n) is 6.42. The molecule has 36 heavy (non-hydrogen) atoms. The lowest BCUT2D eigenvalue weighted by Gasteiger charge is -2.36. The maximum absolute atomic E-state index is 13.6. The van der Waals surface area contributed by atoms with Gasteiger partial charge in [0.1, 0.15) is 17.5 Å². The lowest BCUT2D eigenvalue weighted by Crippen LogP contribution is -2.50. The second-order valence-electron chi connectivity index (χ2n) is 9.61. The lowest BCUT2D eigenvalue weighted by atomic mass is 9.93. The van der Waals surface area contributed by atoms with Gasteiger partial charge in [-0.25, -0.2) is 0 Å². The van der Waals surface area contributed by atoms with Crippen molar-refractivity contribution < 1.29 is 14.3 Å². The van der Waals surface area contributed by atoms with Crippen molar-refractivity contribution in [2.24, 2.45) is 0 Å². The van der Waals surface area contributed by atoms with Crippen molar-refractivity contribution in [1.29, 1.82) is 0 Å². The monoisotopic (exact) mass is 485 g/mol. The summed E-state index contributed by atoms with van der Waals surface area (Å²) < 4.78 is 5.75. The van der Waals surface area contributed by atoms with Crippen LogP contribution in [0.1, 0.15) is 67.2 Å². The van der Waals surface area contributed by atoms with E-state index in [1.165, 1.54) is 18.4 Å². The Kier molecular flexibility index (Phi) is 8.36. The Balaban J connectivity index is 1.54. The maximum atomic E-state index is 13.6. The summed E-state index contributed by atoms with van der Waals surface area (Å²) in [6, 6.07) is 18.7. The van der Waals surface area contributed by atoms with Gasteiger partial charge >= 0.3 is 0 Å². The summed E-state index contributed by atoms with van der Waals surface area (Å²) in [7, 11) is 0. The van der Waals surface area contributed by atoms with E-state index in [0.717, 1.165) is 29.7 Å². The van der Waals surface area contributed by atoms with Crippen LogP contribution >= 0.6 is 0 Å². The molecule has 1 N–H and O–H groups in total. The highest BCUT2D eigenvalue weighted by molar-refractivity contribution is 6.01. The highest BCUT2D eigenvalue weighted by Gasteiger charge is 2.35. The molecule has 1 aliphatic heterocycles. The van der Waals surface area contributed by atoms with Crippen molar-refractivity contribution in [2.75, 3.05) is 5.32 Å². The average molecular weight is 486 g/mol. The molecule has 1 atom stereocenters. The molecule has 1 unspecified atom stereocenters. The number of carbonyl (C=O) groups is 2. The zero-order valence-electron chi connectivity index (χ0n) is 21.4. The van der Waals surface area contributed by atoms with Crippen molar-refractivity contribution in [3.05, 3.63) is 89.2 Å². The van der Waals surface area contributed by atoms with Gasteiger partial charge in [-0.1, -0.05) is 56.2 Å². The van der Waals surface area contributed by atoms with Crippen LogP contribution in [0.15, 0.2) is 66.9 Å². The minimum absolute atomic E-state index is 0.0197. The predicted molar refractivity (Wildman–Crippen MR) is 142 cm³/mol. The van der Waals surface area contributed by atoms with Crippen molar-refractivity contribution in [2.45, 2.75) is 71.6 Å². The Bertz CT molecular complexity index is 1190. The topological polar surface area (TPSA) is 71.5 Å². The molecule has 1 aliphatic rings. The SMILES string of the molecule is CCCCCc1ccc(NC(=O)C2Cc3ccccc3CN2C(=O)c2cc(OC(C)C)ccn2)cc1. The first-order chi connectivity index (χ1) is 17.4. The van der Waals surface area contributed by atoms with Gasteiger partial charge in [-0.15, -0.1) is 0 Å². The summed E-state index contributed by atoms with van der Waals surface area (Å²) in [5.41, 5.74) is 4.39. The van der Waals surface area contributed by atoms with Crippen LogP contribution in [0.3, 0.4) is 0 Å². The number of amides is 2. The second kappa shape index (κ2) is 11.8. The number of ether oxygens (including phenoxy) is 1. The van der Waals surface area contributed by atoms with Crippen LogP contribution in [-0.2, 0) is 24.2 Å². The number of aromatic nitrogens is 1. The maximum Gasteiger partial charge on any atom is 0.273 e. The molecule has 4 rings (SSSR count). The number of anilines is 1. The zero-order valence-corrected chi connectivity index (χ0v) is 21.4. The Morgan fingerprint density at radius 2 is 1.81 bits per heavy atom. The largest absolute Gasteiger partial charge is 0.491 e. The molecule has 2 aromatic carbocycles. The zero-order chi connectivity index (χ0) is 25.5. The van der Waals surface area contributed by atoms with Crippen LogP contribution in [0.4, 0.5) is 5.69 Å². The molecular weight excluding hydrogens is 450 g/mol. The van der Waals surface area contributed by atoms with Crippen molar-refractivity contribution in [3.8, 4) is 5.75 Å². The van der Waals surface area contributed by atoms with Crippen LogP contribution in [0.2, 0.25) is 0 Å². The molecule has 0 fully saturated rings. The average Bonchev–Trinajstić information content (AvgIpc) is 2.88. The molecular formula is C30H35N3O3. The second-order valence-corrected chi connectivity index (χ2v) is 9.61. The summed E-state index contributed by atoms with van der Waals surface area (Å²) >= 11 is 0. The smallest absolute Gasteiger partial charge is 0.273 e. The van der Waals surface area contributed by atoms with E-state index in [9.17, 15) is 9.59 Å². The number of aryl methyl sites for hydroxylation is 1. The standard InChI is InChI=1S/C30H35N3O3/c1-4-5-6-9-22-12-14-25(15-13-22)32-29(34)28-18-23-10-7-8-11-24(23)20-33(28)30(35)27-19-26(16-17-31-27)36-21(2)3/h7-8,10-17,19,21,28H,4-6,9,18,20H2,1-3H3,(H,32,34). The van der Waals surface area contributed by atoms with E-state index in [1.54, 1.807) is 23.2 Å². The minimum atomic E-state index is -0.645. The van der Waals surface area contributed by atoms with E-state index in [0.29, 0.717) is 18.7 Å². The predicted octanol–water partition coefficient (Wildman–Crippen LogP) is 5.81. The van der Waals surface area contributed by atoms with Crippen LogP contribution in [0.25, 0.3) is 0 Å². The number of rotatable bonds is 9. The first-order valence-electron chi connectivity index (χ1n) is 12.8. The van der Waals surface area contributed by atoms with Crippen LogP contribution < -0.4 is 10.1 Å². The molecule has 0 saturated carbocycles. The Hall–Kier alpha value is -3.67. The van der Waals surface area contributed by atoms with E-state index >= 15 is 0 Å². The number of hydrogen-bond donors (Lipinski definition) is 1. The van der Waals surface area contributed by atoms with E-state index in [1.807, 2.05) is 50.2 Å². The van der Waals surface area contributed by atoms with Crippen molar-refractivity contribution in [1.82, 2.24) is 9.88 Å². The molecule has 2 heterocycles. The number of benzene rings is 2. The van der Waals surface area contributed by atoms with Crippen molar-refractivity contribution in [3.63, 3.8) is 0 Å². The van der Waals surface area contributed by atoms with E-state index < -0.39 is 6.04 Å². The third kappa shape index (κ3) is 6.30. The van der Waals surface area contributed by atoms with Gasteiger partial charge in [-0.3, -0.25) is 14.6 Å². The molecule has 3 aromatic rings. The number of carbonyl (C=O) groups excluding carboxylic acids is 2. The quantitative estimate of drug-likeness (QED) is 0.389. The van der Waals surface area contributed by atoms with Gasteiger partial charge in [0.15, 0.2) is 0 Å². The number of nitrogens with zero attached hydrogens (tertiary/aromatic N) is 2. The normalized spacial score (nSPS) is 14.9. The molecule has 6 heteroatoms. The molecule has 1 aromatic heterocycles. The van der Waals surface area contributed by atoms with Gasteiger partial charge in [0, 0.05) is 30.9 Å². The van der Waals surface area contributed by atoms with Gasteiger partial charge in [0.05, 0.1) is 6.10 Å². The first-order valence-corrected chi connectivity index (χ1v) is 12.8. The number of fused-ring (bicyclic) bond motifs is 1. The Morgan fingerprint density at radius 3 is 2.53 bits per heavy atom. The van der Waals surface area contributed by atoms with Crippen LogP contribution in [0, 0.1) is 0 Å². The van der Waals surface area contributed by atoms with Crippen molar-refractivity contribution >= 4 is 17.5 Å². The number of nitrogens with one attached hydrogen (secondary N) is 1. The summed E-state index contributed by atoms with van der Waals surface area (Å²) in [4.78, 5) is 33.0. The van der Waals surface area contributed by atoms with E-state index in [-0.39, 0.29) is 23.6 Å². The van der Waals surface area contributed by atoms with Crippen LogP contribution in [-0.4, -0.2) is 33.8 Å². The number of unbranched alkanes of at least 4 members (excludes halogenated alkanes) is 2. The first kappa shape index (κ1) is 25.4. The molecule has 0 radical (unpaired) electrons. The summed E-state index contributed by atoms with van der Waals surface area (Å²) in [5, 5.41) is 3.03. The Labute approximate surface area is 213 Å². The van der Waals surface area contributed by atoms with Gasteiger partial charge in [-0.2, -0.15) is 0 Å². The molecule has 6 nitrogen and oxygen atoms in total. The van der Waals surface area contributed by atoms with Gasteiger partial charge in [0.25, 0.3) is 5.91 Å². The summed E-state index contributed by atoms with van der Waals surface area (Å²) in [6.07, 6.45) is 6.61.